The van der Waals surface area contributed by atoms with E-state index in [1.807, 2.05) is 46.8 Å². The maximum Gasteiger partial charge on any atom is 0.410 e. The first kappa shape index (κ1) is 29.7. The summed E-state index contributed by atoms with van der Waals surface area (Å²) < 4.78 is 5.45. The van der Waals surface area contributed by atoms with Crippen molar-refractivity contribution in [2.24, 2.45) is 4.99 Å². The molecule has 4 rings (SSSR count). The van der Waals surface area contributed by atoms with E-state index < -0.39 is 11.6 Å². The predicted octanol–water partition coefficient (Wildman–Crippen LogP) is 4.99. The number of nitrogens with one attached hydrogen (secondary N) is 3. The molecule has 3 N–H and O–H groups in total. The summed E-state index contributed by atoms with van der Waals surface area (Å²) in [5.41, 5.74) is 5.74. The number of anilines is 1. The van der Waals surface area contributed by atoms with Crippen LogP contribution in [0.2, 0.25) is 5.02 Å². The minimum Gasteiger partial charge on any atom is -0.444 e. The monoisotopic (exact) mass is 585 g/mol. The number of rotatable bonds is 4. The zero-order chi connectivity index (χ0) is 29.4. The van der Waals surface area contributed by atoms with E-state index in [0.29, 0.717) is 36.9 Å². The number of hydrazine groups is 1. The van der Waals surface area contributed by atoms with Gasteiger partial charge in [0.25, 0.3) is 0 Å². The zero-order valence-electron chi connectivity index (χ0n) is 23.7. The highest BCUT2D eigenvalue weighted by Gasteiger charge is 2.35. The molecule has 1 saturated heterocycles. The van der Waals surface area contributed by atoms with Gasteiger partial charge in [0.05, 0.1) is 12.1 Å². The zero-order valence-corrected chi connectivity index (χ0v) is 25.3. The fourth-order valence-corrected chi connectivity index (χ4v) is 5.96. The highest BCUT2D eigenvalue weighted by atomic mass is 35.5. The van der Waals surface area contributed by atoms with Crippen LogP contribution < -0.4 is 10.3 Å². The molecule has 40 heavy (non-hydrogen) atoms. The molecule has 1 aromatic carbocycles. The summed E-state index contributed by atoms with van der Waals surface area (Å²) in [7, 11) is 0. The molecule has 2 aromatic rings. The molecule has 2 amide bonds. The molecule has 12 heteroatoms. The van der Waals surface area contributed by atoms with Gasteiger partial charge in [0, 0.05) is 47.2 Å². The number of benzene rings is 1. The molecule has 1 fully saturated rings. The molecular formula is C28H36ClN7O3S. The second kappa shape index (κ2) is 11.7. The summed E-state index contributed by atoms with van der Waals surface area (Å²) in [6.45, 7) is 12.9. The SMILES string of the molecule is CC(=N)N1C(=N)[C@H](CC(=O)NN2CCN(C(=O)OC(C)(C)C)CC2)N=C(c2ccc(Cl)cc2)c2c1sc(C)c2C. The van der Waals surface area contributed by atoms with Gasteiger partial charge in [-0.2, -0.15) is 0 Å². The average molecular weight is 586 g/mol. The molecule has 10 nitrogen and oxygen atoms in total. The summed E-state index contributed by atoms with van der Waals surface area (Å²) in [5, 5.41) is 20.7. The number of aryl methyl sites for hydroxylation is 1. The van der Waals surface area contributed by atoms with Gasteiger partial charge in [-0.15, -0.1) is 11.3 Å². The van der Waals surface area contributed by atoms with Gasteiger partial charge < -0.3 is 9.64 Å². The summed E-state index contributed by atoms with van der Waals surface area (Å²) in [6, 6.07) is 6.54. The molecule has 0 unspecified atom stereocenters. The molecule has 0 radical (unpaired) electrons. The van der Waals surface area contributed by atoms with E-state index in [9.17, 15) is 9.59 Å². The number of fused-ring (bicyclic) bond motifs is 1. The van der Waals surface area contributed by atoms with Crippen molar-refractivity contribution in [3.8, 4) is 0 Å². The largest absolute Gasteiger partial charge is 0.444 e. The van der Waals surface area contributed by atoms with Gasteiger partial charge in [-0.3, -0.25) is 30.9 Å². The number of ether oxygens (including phenoxy) is 1. The third-order valence-electron chi connectivity index (χ3n) is 6.69. The number of piperazine rings is 1. The first-order chi connectivity index (χ1) is 18.7. The predicted molar refractivity (Wildman–Crippen MR) is 160 cm³/mol. The Morgan fingerprint density at radius 2 is 1.77 bits per heavy atom. The topological polar surface area (TPSA) is 125 Å². The van der Waals surface area contributed by atoms with Crippen LogP contribution in [-0.4, -0.2) is 77.1 Å². The lowest BCUT2D eigenvalue weighted by atomic mass is 9.99. The van der Waals surface area contributed by atoms with Crippen LogP contribution in [0.25, 0.3) is 0 Å². The van der Waals surface area contributed by atoms with Crippen LogP contribution in [0.3, 0.4) is 0 Å². The van der Waals surface area contributed by atoms with Crippen molar-refractivity contribution in [1.29, 1.82) is 10.8 Å². The molecule has 0 spiro atoms. The highest BCUT2D eigenvalue weighted by Crippen LogP contribution is 2.40. The summed E-state index contributed by atoms with van der Waals surface area (Å²) >= 11 is 7.67. The van der Waals surface area contributed by atoms with E-state index in [0.717, 1.165) is 26.6 Å². The molecule has 0 bridgehead atoms. The second-order valence-electron chi connectivity index (χ2n) is 11.0. The molecule has 1 atom stereocenters. The molecular weight excluding hydrogens is 550 g/mol. The maximum atomic E-state index is 13.2. The van der Waals surface area contributed by atoms with Crippen LogP contribution in [0.4, 0.5) is 9.80 Å². The molecule has 214 valence electrons. The average Bonchev–Trinajstić information content (AvgIpc) is 3.08. The van der Waals surface area contributed by atoms with Gasteiger partial charge in [0.15, 0.2) is 0 Å². The lowest BCUT2D eigenvalue weighted by molar-refractivity contribution is -0.126. The maximum absolute atomic E-state index is 13.2. The van der Waals surface area contributed by atoms with E-state index in [4.69, 9.17) is 32.1 Å². The first-order valence-corrected chi connectivity index (χ1v) is 14.3. The van der Waals surface area contributed by atoms with Gasteiger partial charge in [-0.05, 0) is 59.2 Å². The van der Waals surface area contributed by atoms with Crippen molar-refractivity contribution in [3.05, 3.63) is 50.9 Å². The van der Waals surface area contributed by atoms with Crippen molar-refractivity contribution in [2.45, 2.75) is 59.6 Å². The van der Waals surface area contributed by atoms with Gasteiger partial charge >= 0.3 is 6.09 Å². The Labute approximate surface area is 243 Å². The van der Waals surface area contributed by atoms with Crippen molar-refractivity contribution < 1.29 is 14.3 Å². The Bertz CT molecular complexity index is 1360. The van der Waals surface area contributed by atoms with Crippen molar-refractivity contribution in [1.82, 2.24) is 15.3 Å². The van der Waals surface area contributed by atoms with Crippen LogP contribution in [0.15, 0.2) is 29.3 Å². The number of carbonyl (C=O) groups excluding carboxylic acids is 2. The molecule has 0 saturated carbocycles. The Morgan fingerprint density at radius 3 is 2.35 bits per heavy atom. The number of halogens is 1. The van der Waals surface area contributed by atoms with Crippen molar-refractivity contribution in [3.63, 3.8) is 0 Å². The van der Waals surface area contributed by atoms with Gasteiger partial charge in [0.2, 0.25) is 5.91 Å². The molecule has 1 aromatic heterocycles. The Kier molecular flexibility index (Phi) is 8.67. The number of thiophene rings is 1. The van der Waals surface area contributed by atoms with E-state index in [2.05, 4.69) is 5.43 Å². The smallest absolute Gasteiger partial charge is 0.410 e. The van der Waals surface area contributed by atoms with E-state index in [1.54, 1.807) is 33.9 Å². The number of nitrogens with zero attached hydrogens (tertiary/aromatic N) is 4. The molecule has 3 heterocycles. The Morgan fingerprint density at radius 1 is 1.15 bits per heavy atom. The van der Waals surface area contributed by atoms with E-state index in [-0.39, 0.29) is 30.1 Å². The minimum absolute atomic E-state index is 0.0705. The standard InChI is InChI=1S/C28H36ClN7O3S/c1-16-17(2)40-26-23(16)24(19-7-9-20(29)10-8-19)32-21(25(31)36(26)18(3)30)15-22(37)33-35-13-11-34(12-14-35)27(38)39-28(4,5)6/h7-10,21,30-31H,11-15H2,1-6H3,(H,33,37)/t21-/m0/s1. The summed E-state index contributed by atoms with van der Waals surface area (Å²) in [6.07, 6.45) is -0.437. The summed E-state index contributed by atoms with van der Waals surface area (Å²) in [4.78, 5) is 34.9. The van der Waals surface area contributed by atoms with E-state index in [1.165, 1.54) is 11.3 Å². The number of carbonyl (C=O) groups is 2. The molecule has 0 aliphatic carbocycles. The summed E-state index contributed by atoms with van der Waals surface area (Å²) in [5.74, 6) is -0.0343. The molecule has 2 aliphatic rings. The normalized spacial score (nSPS) is 18.1. The fraction of sp³-hybridized carbons (Fsp3) is 0.464. The number of hydrogen-bond donors (Lipinski definition) is 3. The number of hydrogen-bond acceptors (Lipinski definition) is 8. The van der Waals surface area contributed by atoms with Gasteiger partial charge in [-0.1, -0.05) is 23.7 Å². The lowest BCUT2D eigenvalue weighted by Crippen LogP contribution is -2.55. The highest BCUT2D eigenvalue weighted by molar-refractivity contribution is 7.17. The Balaban J connectivity index is 1.55. The lowest BCUT2D eigenvalue weighted by Gasteiger charge is -2.35. The second-order valence-corrected chi connectivity index (χ2v) is 12.6. The third kappa shape index (κ3) is 6.54. The van der Waals surface area contributed by atoms with Crippen LogP contribution in [0, 0.1) is 24.7 Å². The van der Waals surface area contributed by atoms with Crippen LogP contribution in [0.5, 0.6) is 0 Å². The van der Waals surface area contributed by atoms with Crippen LogP contribution in [0.1, 0.15) is 55.7 Å². The van der Waals surface area contributed by atoms with Crippen LogP contribution in [-0.2, 0) is 9.53 Å². The van der Waals surface area contributed by atoms with E-state index >= 15 is 0 Å². The van der Waals surface area contributed by atoms with Crippen molar-refractivity contribution >= 4 is 57.3 Å². The minimum atomic E-state index is -0.812. The number of amides is 2. The third-order valence-corrected chi connectivity index (χ3v) is 8.14. The number of amidine groups is 2. The Hall–Kier alpha value is -3.28. The van der Waals surface area contributed by atoms with Crippen molar-refractivity contribution in [2.75, 3.05) is 31.1 Å². The molecule has 2 aliphatic heterocycles. The van der Waals surface area contributed by atoms with Gasteiger partial charge in [0.1, 0.15) is 28.3 Å². The fourth-order valence-electron chi connectivity index (χ4n) is 4.61. The van der Waals surface area contributed by atoms with Crippen LogP contribution >= 0.6 is 22.9 Å². The quantitative estimate of drug-likeness (QED) is 0.344. The van der Waals surface area contributed by atoms with Gasteiger partial charge in [-0.25, -0.2) is 9.80 Å². The first-order valence-electron chi connectivity index (χ1n) is 13.2. The number of aliphatic imine (C=N–C) groups is 1.